The van der Waals surface area contributed by atoms with E-state index in [0.717, 1.165) is 18.7 Å². The summed E-state index contributed by atoms with van der Waals surface area (Å²) in [5.41, 5.74) is 1.20. The summed E-state index contributed by atoms with van der Waals surface area (Å²) in [5, 5.41) is 12.3. The number of nitrogens with one attached hydrogen (secondary N) is 1. The Bertz CT molecular complexity index is 309. The van der Waals surface area contributed by atoms with E-state index in [1.165, 1.54) is 5.56 Å². The van der Waals surface area contributed by atoms with Gasteiger partial charge in [0, 0.05) is 13.1 Å². The second-order valence-corrected chi connectivity index (χ2v) is 4.46. The van der Waals surface area contributed by atoms with Crippen molar-refractivity contribution >= 4 is 0 Å². The molecule has 0 heterocycles. The summed E-state index contributed by atoms with van der Waals surface area (Å²) in [7, 11) is 0. The summed E-state index contributed by atoms with van der Waals surface area (Å²) in [6.45, 7) is 7.34. The summed E-state index contributed by atoms with van der Waals surface area (Å²) in [6, 6.07) is 8.08. The Labute approximate surface area is 104 Å². The highest BCUT2D eigenvalue weighted by atomic mass is 16.5. The third-order valence-corrected chi connectivity index (χ3v) is 2.60. The maximum Gasteiger partial charge on any atom is 0.119 e. The monoisotopic (exact) mass is 237 g/mol. The van der Waals surface area contributed by atoms with E-state index in [9.17, 15) is 0 Å². The molecule has 0 radical (unpaired) electrons. The number of rotatable bonds is 7. The van der Waals surface area contributed by atoms with Crippen molar-refractivity contribution in [1.82, 2.24) is 5.32 Å². The van der Waals surface area contributed by atoms with E-state index in [2.05, 4.69) is 19.2 Å². The predicted molar refractivity (Wildman–Crippen MR) is 70.2 cm³/mol. The van der Waals surface area contributed by atoms with Gasteiger partial charge in [-0.15, -0.1) is 0 Å². The number of aliphatic hydroxyl groups is 1. The molecule has 17 heavy (non-hydrogen) atoms. The molecule has 0 saturated heterocycles. The van der Waals surface area contributed by atoms with Crippen LogP contribution >= 0.6 is 0 Å². The normalized spacial score (nSPS) is 14.4. The molecule has 1 aromatic carbocycles. The van der Waals surface area contributed by atoms with Crippen LogP contribution in [0.2, 0.25) is 0 Å². The first-order chi connectivity index (χ1) is 8.11. The Hall–Kier alpha value is -1.06. The summed E-state index contributed by atoms with van der Waals surface area (Å²) in [6.07, 6.45) is 0.967. The third-order valence-electron chi connectivity index (χ3n) is 2.60. The minimum Gasteiger partial charge on any atom is -0.491 e. The van der Waals surface area contributed by atoms with Gasteiger partial charge >= 0.3 is 0 Å². The zero-order valence-corrected chi connectivity index (χ0v) is 10.9. The lowest BCUT2D eigenvalue weighted by molar-refractivity contribution is 0.191. The summed E-state index contributed by atoms with van der Waals surface area (Å²) < 4.78 is 5.70. The van der Waals surface area contributed by atoms with Gasteiger partial charge in [0.05, 0.1) is 12.2 Å². The lowest BCUT2D eigenvalue weighted by Gasteiger charge is -2.13. The van der Waals surface area contributed by atoms with Crippen LogP contribution in [0.5, 0.6) is 5.75 Å². The summed E-state index contributed by atoms with van der Waals surface area (Å²) in [5.74, 6) is 0.915. The highest BCUT2D eigenvalue weighted by molar-refractivity contribution is 5.27. The molecule has 0 aliphatic heterocycles. The molecule has 0 aromatic heterocycles. The van der Waals surface area contributed by atoms with E-state index in [4.69, 9.17) is 9.84 Å². The van der Waals surface area contributed by atoms with Crippen molar-refractivity contribution in [1.29, 1.82) is 0 Å². The fourth-order valence-corrected chi connectivity index (χ4v) is 1.43. The summed E-state index contributed by atoms with van der Waals surface area (Å²) >= 11 is 0. The molecule has 1 aromatic rings. The molecule has 3 nitrogen and oxygen atoms in total. The van der Waals surface area contributed by atoms with Crippen LogP contribution < -0.4 is 10.1 Å². The smallest absolute Gasteiger partial charge is 0.119 e. The van der Waals surface area contributed by atoms with Crippen LogP contribution in [0.15, 0.2) is 24.3 Å². The SMILES string of the molecule is CCC(C)Oc1ccc(CNCC(C)O)cc1. The number of aliphatic hydroxyl groups excluding tert-OH is 1. The largest absolute Gasteiger partial charge is 0.491 e. The zero-order valence-electron chi connectivity index (χ0n) is 10.9. The second kappa shape index (κ2) is 7.30. The van der Waals surface area contributed by atoms with Crippen LogP contribution in [0, 0.1) is 0 Å². The van der Waals surface area contributed by atoms with E-state index in [1.54, 1.807) is 6.92 Å². The Balaban J connectivity index is 2.39. The van der Waals surface area contributed by atoms with Crippen molar-refractivity contribution in [3.8, 4) is 5.75 Å². The molecule has 0 fully saturated rings. The molecule has 96 valence electrons. The minimum atomic E-state index is -0.303. The van der Waals surface area contributed by atoms with Crippen molar-refractivity contribution in [2.75, 3.05) is 6.54 Å². The van der Waals surface area contributed by atoms with Crippen LogP contribution in [0.25, 0.3) is 0 Å². The molecule has 0 aliphatic rings. The van der Waals surface area contributed by atoms with E-state index in [1.807, 2.05) is 24.3 Å². The van der Waals surface area contributed by atoms with Crippen molar-refractivity contribution in [2.24, 2.45) is 0 Å². The average Bonchev–Trinajstić information content (AvgIpc) is 2.31. The Morgan fingerprint density at radius 2 is 1.88 bits per heavy atom. The first kappa shape index (κ1) is 14.0. The maximum atomic E-state index is 9.12. The molecule has 0 amide bonds. The Kier molecular flexibility index (Phi) is 6.01. The standard InChI is InChI=1S/C14H23NO2/c1-4-12(3)17-14-7-5-13(6-8-14)10-15-9-11(2)16/h5-8,11-12,15-16H,4,9-10H2,1-3H3. The first-order valence-corrected chi connectivity index (χ1v) is 6.26. The topological polar surface area (TPSA) is 41.5 Å². The van der Waals surface area contributed by atoms with E-state index in [-0.39, 0.29) is 12.2 Å². The molecule has 2 atom stereocenters. The number of benzene rings is 1. The molecule has 0 saturated carbocycles. The van der Waals surface area contributed by atoms with Gasteiger partial charge in [-0.25, -0.2) is 0 Å². The lowest BCUT2D eigenvalue weighted by atomic mass is 10.2. The Morgan fingerprint density at radius 3 is 2.41 bits per heavy atom. The van der Waals surface area contributed by atoms with Crippen molar-refractivity contribution in [3.05, 3.63) is 29.8 Å². The van der Waals surface area contributed by atoms with Gasteiger partial charge in [0.2, 0.25) is 0 Å². The fourth-order valence-electron chi connectivity index (χ4n) is 1.43. The van der Waals surface area contributed by atoms with Gasteiger partial charge in [-0.05, 0) is 38.0 Å². The molecular formula is C14H23NO2. The van der Waals surface area contributed by atoms with Gasteiger partial charge in [0.1, 0.15) is 5.75 Å². The fraction of sp³-hybridized carbons (Fsp3) is 0.571. The van der Waals surface area contributed by atoms with Crippen LogP contribution in [0.4, 0.5) is 0 Å². The number of hydrogen-bond donors (Lipinski definition) is 2. The molecule has 2 unspecified atom stereocenters. The lowest BCUT2D eigenvalue weighted by Crippen LogP contribution is -2.23. The van der Waals surface area contributed by atoms with Crippen molar-refractivity contribution in [2.45, 2.75) is 45.9 Å². The zero-order chi connectivity index (χ0) is 12.7. The molecule has 2 N–H and O–H groups in total. The molecule has 0 aliphatic carbocycles. The molecule has 0 bridgehead atoms. The van der Waals surface area contributed by atoms with Gasteiger partial charge in [-0.3, -0.25) is 0 Å². The van der Waals surface area contributed by atoms with E-state index >= 15 is 0 Å². The van der Waals surface area contributed by atoms with E-state index < -0.39 is 0 Å². The van der Waals surface area contributed by atoms with Crippen molar-refractivity contribution in [3.63, 3.8) is 0 Å². The first-order valence-electron chi connectivity index (χ1n) is 6.26. The second-order valence-electron chi connectivity index (χ2n) is 4.46. The van der Waals surface area contributed by atoms with Crippen LogP contribution in [0.3, 0.4) is 0 Å². The maximum absolute atomic E-state index is 9.12. The highest BCUT2D eigenvalue weighted by Crippen LogP contribution is 2.14. The quantitative estimate of drug-likeness (QED) is 0.765. The van der Waals surface area contributed by atoms with Crippen LogP contribution in [-0.2, 0) is 6.54 Å². The van der Waals surface area contributed by atoms with Crippen LogP contribution in [-0.4, -0.2) is 23.9 Å². The van der Waals surface area contributed by atoms with Crippen LogP contribution in [0.1, 0.15) is 32.8 Å². The molecular weight excluding hydrogens is 214 g/mol. The molecule has 1 rings (SSSR count). The van der Waals surface area contributed by atoms with Crippen molar-refractivity contribution < 1.29 is 9.84 Å². The van der Waals surface area contributed by atoms with E-state index in [0.29, 0.717) is 6.54 Å². The number of hydrogen-bond acceptors (Lipinski definition) is 3. The average molecular weight is 237 g/mol. The summed E-state index contributed by atoms with van der Waals surface area (Å²) in [4.78, 5) is 0. The van der Waals surface area contributed by atoms with Gasteiger partial charge in [-0.1, -0.05) is 19.1 Å². The molecule has 3 heteroatoms. The van der Waals surface area contributed by atoms with Gasteiger partial charge in [0.15, 0.2) is 0 Å². The highest BCUT2D eigenvalue weighted by Gasteiger charge is 2.01. The third kappa shape index (κ3) is 5.71. The van der Waals surface area contributed by atoms with Gasteiger partial charge < -0.3 is 15.2 Å². The van der Waals surface area contributed by atoms with Gasteiger partial charge in [0.25, 0.3) is 0 Å². The van der Waals surface area contributed by atoms with Gasteiger partial charge in [-0.2, -0.15) is 0 Å². The molecule has 0 spiro atoms. The number of ether oxygens (including phenoxy) is 1. The predicted octanol–water partition coefficient (Wildman–Crippen LogP) is 2.33. The Morgan fingerprint density at radius 1 is 1.24 bits per heavy atom. The minimum absolute atomic E-state index is 0.259.